The SMILES string of the molecule is Cn1cnnc1CCNS(=O)(=O)c1ccc(Cl)nc1. The third-order valence-corrected chi connectivity index (χ3v) is 4.13. The van der Waals surface area contributed by atoms with Gasteiger partial charge in [-0.2, -0.15) is 0 Å². The first-order valence-electron chi connectivity index (χ1n) is 5.43. The van der Waals surface area contributed by atoms with Crippen LogP contribution >= 0.6 is 11.6 Å². The highest BCUT2D eigenvalue weighted by molar-refractivity contribution is 7.89. The Balaban J connectivity index is 1.98. The molecular formula is C10H12ClN5O2S. The third-order valence-electron chi connectivity index (χ3n) is 2.46. The van der Waals surface area contributed by atoms with E-state index in [9.17, 15) is 8.42 Å². The lowest BCUT2D eigenvalue weighted by Crippen LogP contribution is -2.26. The summed E-state index contributed by atoms with van der Waals surface area (Å²) in [6, 6.07) is 2.83. The Kier molecular flexibility index (Phi) is 4.13. The van der Waals surface area contributed by atoms with Gasteiger partial charge in [0.1, 0.15) is 22.2 Å². The lowest BCUT2D eigenvalue weighted by Gasteiger charge is -2.06. The van der Waals surface area contributed by atoms with E-state index >= 15 is 0 Å². The van der Waals surface area contributed by atoms with Crippen molar-refractivity contribution in [1.29, 1.82) is 0 Å². The van der Waals surface area contributed by atoms with Crippen molar-refractivity contribution in [2.75, 3.05) is 6.54 Å². The molecule has 0 amide bonds. The molecule has 0 aromatic carbocycles. The quantitative estimate of drug-likeness (QED) is 0.807. The van der Waals surface area contributed by atoms with Crippen molar-refractivity contribution in [3.8, 4) is 0 Å². The van der Waals surface area contributed by atoms with E-state index < -0.39 is 10.0 Å². The summed E-state index contributed by atoms with van der Waals surface area (Å²) in [5.74, 6) is 0.705. The average molecular weight is 302 g/mol. The zero-order valence-corrected chi connectivity index (χ0v) is 11.7. The molecule has 0 saturated heterocycles. The highest BCUT2D eigenvalue weighted by atomic mass is 35.5. The monoisotopic (exact) mass is 301 g/mol. The molecule has 0 bridgehead atoms. The molecule has 0 unspecified atom stereocenters. The number of aryl methyl sites for hydroxylation is 1. The van der Waals surface area contributed by atoms with Crippen molar-refractivity contribution in [2.45, 2.75) is 11.3 Å². The largest absolute Gasteiger partial charge is 0.321 e. The Hall–Kier alpha value is -1.51. The number of sulfonamides is 1. The molecule has 0 fully saturated rings. The minimum absolute atomic E-state index is 0.0786. The molecule has 0 aliphatic heterocycles. The summed E-state index contributed by atoms with van der Waals surface area (Å²) >= 11 is 5.61. The Morgan fingerprint density at radius 3 is 2.79 bits per heavy atom. The predicted molar refractivity (Wildman–Crippen MR) is 69.1 cm³/mol. The predicted octanol–water partition coefficient (Wildman–Crippen LogP) is 0.384. The van der Waals surface area contributed by atoms with Crippen LogP contribution in [0.2, 0.25) is 5.15 Å². The second-order valence-corrected chi connectivity index (χ2v) is 5.98. The number of rotatable bonds is 5. The molecule has 2 rings (SSSR count). The Morgan fingerprint density at radius 1 is 1.42 bits per heavy atom. The molecular weight excluding hydrogens is 290 g/mol. The highest BCUT2D eigenvalue weighted by Gasteiger charge is 2.14. The molecule has 2 heterocycles. The van der Waals surface area contributed by atoms with Crippen LogP contribution in [-0.2, 0) is 23.5 Å². The van der Waals surface area contributed by atoms with Crippen LogP contribution in [0, 0.1) is 0 Å². The Morgan fingerprint density at radius 2 is 2.21 bits per heavy atom. The first-order valence-corrected chi connectivity index (χ1v) is 7.29. The minimum Gasteiger partial charge on any atom is -0.321 e. The summed E-state index contributed by atoms with van der Waals surface area (Å²) < 4.78 is 28.0. The second-order valence-electron chi connectivity index (χ2n) is 3.82. The van der Waals surface area contributed by atoms with Gasteiger partial charge in [-0.1, -0.05) is 11.6 Å². The van der Waals surface area contributed by atoms with Gasteiger partial charge in [-0.25, -0.2) is 18.1 Å². The maximum Gasteiger partial charge on any atom is 0.242 e. The summed E-state index contributed by atoms with van der Waals surface area (Å²) in [6.45, 7) is 0.234. The van der Waals surface area contributed by atoms with Crippen molar-refractivity contribution >= 4 is 21.6 Å². The maximum absolute atomic E-state index is 11.9. The summed E-state index contributed by atoms with van der Waals surface area (Å²) in [5.41, 5.74) is 0. The van der Waals surface area contributed by atoms with Gasteiger partial charge < -0.3 is 4.57 Å². The van der Waals surface area contributed by atoms with E-state index in [0.29, 0.717) is 12.2 Å². The minimum atomic E-state index is -3.57. The Labute approximate surface area is 115 Å². The fraction of sp³-hybridized carbons (Fsp3) is 0.300. The van der Waals surface area contributed by atoms with Crippen LogP contribution in [0.4, 0.5) is 0 Å². The Bertz CT molecular complexity index is 653. The molecule has 0 aliphatic carbocycles. The standard InChI is InChI=1S/C10H12ClN5O2S/c1-16-7-13-15-10(16)4-5-14-19(17,18)8-2-3-9(11)12-6-8/h2-3,6-7,14H,4-5H2,1H3. The normalized spacial score (nSPS) is 11.7. The third kappa shape index (κ3) is 3.49. The van der Waals surface area contributed by atoms with Crippen LogP contribution in [0.5, 0.6) is 0 Å². The molecule has 0 aliphatic rings. The lowest BCUT2D eigenvalue weighted by atomic mass is 10.4. The molecule has 7 nitrogen and oxygen atoms in total. The summed E-state index contributed by atoms with van der Waals surface area (Å²) in [6.07, 6.45) is 3.23. The molecule has 102 valence electrons. The molecule has 0 radical (unpaired) electrons. The van der Waals surface area contributed by atoms with E-state index in [0.717, 1.165) is 0 Å². The number of pyridine rings is 1. The number of halogens is 1. The van der Waals surface area contributed by atoms with Crippen LogP contribution < -0.4 is 4.72 Å². The van der Waals surface area contributed by atoms with Crippen LogP contribution in [0.15, 0.2) is 29.6 Å². The van der Waals surface area contributed by atoms with Crippen LogP contribution in [0.3, 0.4) is 0 Å². The van der Waals surface area contributed by atoms with Crippen molar-refractivity contribution in [3.63, 3.8) is 0 Å². The molecule has 0 spiro atoms. The highest BCUT2D eigenvalue weighted by Crippen LogP contribution is 2.10. The van der Waals surface area contributed by atoms with Crippen LogP contribution in [0.1, 0.15) is 5.82 Å². The van der Waals surface area contributed by atoms with E-state index in [1.54, 1.807) is 17.9 Å². The van der Waals surface area contributed by atoms with Gasteiger partial charge in [0.25, 0.3) is 0 Å². The van der Waals surface area contributed by atoms with Crippen molar-refractivity contribution in [2.24, 2.45) is 7.05 Å². The summed E-state index contributed by atoms with van der Waals surface area (Å²) in [7, 11) is -1.77. The number of aromatic nitrogens is 4. The van der Waals surface area contributed by atoms with E-state index in [-0.39, 0.29) is 16.6 Å². The fourth-order valence-electron chi connectivity index (χ4n) is 1.44. The summed E-state index contributed by atoms with van der Waals surface area (Å²) in [5, 5.41) is 7.83. The number of nitrogens with one attached hydrogen (secondary N) is 1. The van der Waals surface area contributed by atoms with Gasteiger partial charge in [0, 0.05) is 26.2 Å². The molecule has 19 heavy (non-hydrogen) atoms. The first-order chi connectivity index (χ1) is 8.99. The van der Waals surface area contributed by atoms with E-state index in [2.05, 4.69) is 19.9 Å². The van der Waals surface area contributed by atoms with E-state index in [1.165, 1.54) is 18.3 Å². The van der Waals surface area contributed by atoms with E-state index in [4.69, 9.17) is 11.6 Å². The fourth-order valence-corrected chi connectivity index (χ4v) is 2.52. The molecule has 0 saturated carbocycles. The molecule has 2 aromatic rings. The van der Waals surface area contributed by atoms with Crippen molar-refractivity contribution in [3.05, 3.63) is 35.6 Å². The number of hydrogen-bond donors (Lipinski definition) is 1. The van der Waals surface area contributed by atoms with Gasteiger partial charge in [0.05, 0.1) is 0 Å². The van der Waals surface area contributed by atoms with Crippen molar-refractivity contribution < 1.29 is 8.42 Å². The number of nitrogens with zero attached hydrogens (tertiary/aromatic N) is 4. The van der Waals surface area contributed by atoms with Gasteiger partial charge in [-0.15, -0.1) is 10.2 Å². The van der Waals surface area contributed by atoms with Gasteiger partial charge >= 0.3 is 0 Å². The van der Waals surface area contributed by atoms with Gasteiger partial charge in [0.2, 0.25) is 10.0 Å². The molecule has 1 N–H and O–H groups in total. The molecule has 0 atom stereocenters. The second kappa shape index (κ2) is 5.64. The zero-order chi connectivity index (χ0) is 13.9. The lowest BCUT2D eigenvalue weighted by molar-refractivity contribution is 0.579. The van der Waals surface area contributed by atoms with E-state index in [1.807, 2.05) is 0 Å². The molecule has 2 aromatic heterocycles. The maximum atomic E-state index is 11.9. The van der Waals surface area contributed by atoms with Gasteiger partial charge in [-0.3, -0.25) is 0 Å². The van der Waals surface area contributed by atoms with Gasteiger partial charge in [-0.05, 0) is 12.1 Å². The number of hydrogen-bond acceptors (Lipinski definition) is 5. The zero-order valence-electron chi connectivity index (χ0n) is 10.1. The molecule has 9 heteroatoms. The average Bonchev–Trinajstić information content (AvgIpc) is 2.75. The first kappa shape index (κ1) is 13.9. The van der Waals surface area contributed by atoms with Crippen LogP contribution in [0.25, 0.3) is 0 Å². The van der Waals surface area contributed by atoms with Crippen LogP contribution in [-0.4, -0.2) is 34.7 Å². The summed E-state index contributed by atoms with van der Waals surface area (Å²) in [4.78, 5) is 3.82. The van der Waals surface area contributed by atoms with Gasteiger partial charge in [0.15, 0.2) is 0 Å². The smallest absolute Gasteiger partial charge is 0.242 e. The topological polar surface area (TPSA) is 89.8 Å². The van der Waals surface area contributed by atoms with Crippen molar-refractivity contribution in [1.82, 2.24) is 24.5 Å².